The number of ketones is 1. The van der Waals surface area contributed by atoms with Crippen molar-refractivity contribution in [2.45, 2.75) is 44.2 Å². The first kappa shape index (κ1) is 14.0. The van der Waals surface area contributed by atoms with E-state index >= 15 is 0 Å². The first-order valence-corrected chi connectivity index (χ1v) is 6.06. The Bertz CT molecular complexity index is 432. The molecule has 0 N–H and O–H groups in total. The summed E-state index contributed by atoms with van der Waals surface area (Å²) in [5.41, 5.74) is -2.03. The van der Waals surface area contributed by atoms with Gasteiger partial charge in [0.15, 0.2) is 11.6 Å². The number of carbonyl (C=O) groups is 3. The summed E-state index contributed by atoms with van der Waals surface area (Å²) in [4.78, 5) is 36.0. The van der Waals surface area contributed by atoms with Crippen molar-refractivity contribution in [1.82, 2.24) is 0 Å². The van der Waals surface area contributed by atoms with Gasteiger partial charge in [-0.1, -0.05) is 0 Å². The predicted octanol–water partition coefficient (Wildman–Crippen LogP) is -0.0442. The molecule has 0 unspecified atom stereocenters. The van der Waals surface area contributed by atoms with Crippen LogP contribution in [0.25, 0.3) is 0 Å². The quantitative estimate of drug-likeness (QED) is 0.526. The van der Waals surface area contributed by atoms with Gasteiger partial charge in [0.05, 0.1) is 13.7 Å². The van der Waals surface area contributed by atoms with E-state index in [2.05, 4.69) is 4.74 Å². The lowest BCUT2D eigenvalue weighted by molar-refractivity contribution is -0.211. The summed E-state index contributed by atoms with van der Waals surface area (Å²) in [5.74, 6) is -3.40. The fraction of sp³-hybridized carbons (Fsp3) is 0.750. The molecule has 2 bridgehead atoms. The second-order valence-corrected chi connectivity index (χ2v) is 4.64. The van der Waals surface area contributed by atoms with E-state index in [1.807, 2.05) is 0 Å². The third-order valence-electron chi connectivity index (χ3n) is 3.33. The van der Waals surface area contributed by atoms with Gasteiger partial charge in [-0.25, -0.2) is 9.59 Å². The van der Waals surface area contributed by atoms with Crippen LogP contribution in [0.5, 0.6) is 0 Å². The number of hydrogen-bond acceptors (Lipinski definition) is 7. The van der Waals surface area contributed by atoms with E-state index in [0.717, 1.165) is 7.11 Å². The largest absolute Gasteiger partial charge is 0.467 e. The molecule has 7 nitrogen and oxygen atoms in total. The first-order chi connectivity index (χ1) is 8.89. The van der Waals surface area contributed by atoms with Crippen molar-refractivity contribution in [3.63, 3.8) is 0 Å². The fourth-order valence-corrected chi connectivity index (χ4v) is 2.41. The average Bonchev–Trinajstić information content (AvgIpc) is 2.65. The Morgan fingerprint density at radius 2 is 2.16 bits per heavy atom. The van der Waals surface area contributed by atoms with E-state index in [1.54, 1.807) is 13.8 Å². The number of carbonyl (C=O) groups excluding carboxylic acids is 3. The molecule has 0 amide bonds. The molecule has 2 fully saturated rings. The summed E-state index contributed by atoms with van der Waals surface area (Å²) in [6.45, 7) is 3.25. The zero-order chi connectivity index (χ0) is 14.3. The van der Waals surface area contributed by atoms with Crippen LogP contribution in [0.3, 0.4) is 0 Å². The van der Waals surface area contributed by atoms with Crippen LogP contribution in [-0.2, 0) is 33.3 Å². The normalized spacial score (nSPS) is 37.0. The molecule has 0 aliphatic carbocycles. The maximum Gasteiger partial charge on any atom is 0.349 e. The Labute approximate surface area is 110 Å². The number of rotatable bonds is 3. The lowest BCUT2D eigenvalue weighted by Gasteiger charge is -2.32. The van der Waals surface area contributed by atoms with Gasteiger partial charge in [-0.2, -0.15) is 0 Å². The van der Waals surface area contributed by atoms with Crippen molar-refractivity contribution in [3.8, 4) is 0 Å². The van der Waals surface area contributed by atoms with E-state index in [4.69, 9.17) is 14.2 Å². The monoisotopic (exact) mass is 272 g/mol. The molecule has 2 rings (SSSR count). The number of esters is 2. The van der Waals surface area contributed by atoms with E-state index in [1.165, 1.54) is 0 Å². The van der Waals surface area contributed by atoms with E-state index in [-0.39, 0.29) is 19.4 Å². The molecular formula is C12H16O7. The minimum Gasteiger partial charge on any atom is -0.467 e. The standard InChI is InChI=1S/C12H16O7/c1-4-17-10(15)12-7(13)5-6-11(2,19-12)18-8(12)9(14)16-3/h8H,4-6H2,1-3H3/t8-,11-,12+/m1/s1. The van der Waals surface area contributed by atoms with E-state index in [0.29, 0.717) is 0 Å². The molecule has 0 aromatic carbocycles. The molecule has 7 heteroatoms. The summed E-state index contributed by atoms with van der Waals surface area (Å²) in [5, 5.41) is 0. The Morgan fingerprint density at radius 1 is 1.47 bits per heavy atom. The maximum atomic E-state index is 12.1. The minimum atomic E-state index is -2.03. The molecule has 2 aliphatic heterocycles. The lowest BCUT2D eigenvalue weighted by atomic mass is 9.87. The molecular weight excluding hydrogens is 256 g/mol. The number of hydrogen-bond donors (Lipinski definition) is 0. The Kier molecular flexibility index (Phi) is 3.36. The molecule has 2 aliphatic rings. The Morgan fingerprint density at radius 3 is 2.74 bits per heavy atom. The molecule has 106 valence electrons. The van der Waals surface area contributed by atoms with Gasteiger partial charge in [-0.3, -0.25) is 4.79 Å². The van der Waals surface area contributed by atoms with Crippen LogP contribution >= 0.6 is 0 Å². The van der Waals surface area contributed by atoms with Crippen LogP contribution in [-0.4, -0.2) is 48.9 Å². The molecule has 2 saturated heterocycles. The number of Topliss-reactive ketones (excluding diaryl/α,β-unsaturated/α-hetero) is 1. The molecule has 0 radical (unpaired) electrons. The Balaban J connectivity index is 2.45. The maximum absolute atomic E-state index is 12.1. The summed E-state index contributed by atoms with van der Waals surface area (Å²) in [6.07, 6.45) is -1.06. The van der Waals surface area contributed by atoms with Gasteiger partial charge in [0, 0.05) is 12.8 Å². The molecule has 19 heavy (non-hydrogen) atoms. The van der Waals surface area contributed by atoms with Crippen LogP contribution in [0.2, 0.25) is 0 Å². The van der Waals surface area contributed by atoms with Crippen molar-refractivity contribution < 1.29 is 33.3 Å². The zero-order valence-corrected chi connectivity index (χ0v) is 11.1. The van der Waals surface area contributed by atoms with Crippen molar-refractivity contribution in [2.24, 2.45) is 0 Å². The summed E-state index contributed by atoms with van der Waals surface area (Å²) < 4.78 is 20.4. The fourth-order valence-electron chi connectivity index (χ4n) is 2.41. The van der Waals surface area contributed by atoms with Crippen LogP contribution in [0.15, 0.2) is 0 Å². The number of fused-ring (bicyclic) bond motifs is 2. The van der Waals surface area contributed by atoms with Crippen LogP contribution in [0.4, 0.5) is 0 Å². The van der Waals surface area contributed by atoms with Crippen LogP contribution < -0.4 is 0 Å². The first-order valence-electron chi connectivity index (χ1n) is 6.06. The summed E-state index contributed by atoms with van der Waals surface area (Å²) in [7, 11) is 1.15. The van der Waals surface area contributed by atoms with Gasteiger partial charge in [-0.15, -0.1) is 0 Å². The molecule has 3 atom stereocenters. The second kappa shape index (κ2) is 4.57. The van der Waals surface area contributed by atoms with Gasteiger partial charge < -0.3 is 18.9 Å². The van der Waals surface area contributed by atoms with Crippen LogP contribution in [0.1, 0.15) is 26.7 Å². The van der Waals surface area contributed by atoms with Gasteiger partial charge in [-0.05, 0) is 13.8 Å². The zero-order valence-electron chi connectivity index (χ0n) is 11.1. The van der Waals surface area contributed by atoms with Crippen molar-refractivity contribution >= 4 is 17.7 Å². The topological polar surface area (TPSA) is 88.1 Å². The van der Waals surface area contributed by atoms with Crippen molar-refractivity contribution in [1.29, 1.82) is 0 Å². The number of methoxy groups -OCH3 is 1. The van der Waals surface area contributed by atoms with Crippen molar-refractivity contribution in [3.05, 3.63) is 0 Å². The van der Waals surface area contributed by atoms with Gasteiger partial charge in [0.1, 0.15) is 0 Å². The van der Waals surface area contributed by atoms with E-state index in [9.17, 15) is 14.4 Å². The van der Waals surface area contributed by atoms with Gasteiger partial charge >= 0.3 is 11.9 Å². The van der Waals surface area contributed by atoms with E-state index < -0.39 is 35.2 Å². The predicted molar refractivity (Wildman–Crippen MR) is 60.0 cm³/mol. The summed E-state index contributed by atoms with van der Waals surface area (Å²) >= 11 is 0. The highest BCUT2D eigenvalue weighted by Crippen LogP contribution is 2.46. The molecule has 0 aromatic heterocycles. The SMILES string of the molecule is CCOC(=O)[C@]12O[C@](C)(CCC1=O)O[C@@H]2C(=O)OC. The third kappa shape index (κ3) is 1.93. The second-order valence-electron chi connectivity index (χ2n) is 4.64. The highest BCUT2D eigenvalue weighted by molar-refractivity contribution is 6.12. The lowest BCUT2D eigenvalue weighted by Crippen LogP contribution is -2.59. The molecule has 2 heterocycles. The molecule has 0 saturated carbocycles. The molecule has 0 aromatic rings. The smallest absolute Gasteiger partial charge is 0.349 e. The highest BCUT2D eigenvalue weighted by atomic mass is 16.8. The Hall–Kier alpha value is -1.47. The number of ether oxygens (including phenoxy) is 4. The third-order valence-corrected chi connectivity index (χ3v) is 3.33. The van der Waals surface area contributed by atoms with Crippen LogP contribution in [0, 0.1) is 0 Å². The minimum absolute atomic E-state index is 0.0713. The molecule has 0 spiro atoms. The van der Waals surface area contributed by atoms with Gasteiger partial charge in [0.2, 0.25) is 6.10 Å². The van der Waals surface area contributed by atoms with Gasteiger partial charge in [0.25, 0.3) is 5.60 Å². The average molecular weight is 272 g/mol. The van der Waals surface area contributed by atoms with Crippen molar-refractivity contribution in [2.75, 3.05) is 13.7 Å². The summed E-state index contributed by atoms with van der Waals surface area (Å²) in [6, 6.07) is 0. The highest BCUT2D eigenvalue weighted by Gasteiger charge is 2.70.